The summed E-state index contributed by atoms with van der Waals surface area (Å²) in [4.78, 5) is -0.103. The first-order valence-electron chi connectivity index (χ1n) is 10.7. The van der Waals surface area contributed by atoms with E-state index in [1.807, 2.05) is 19.2 Å². The van der Waals surface area contributed by atoms with Crippen LogP contribution in [-0.4, -0.2) is 37.1 Å². The number of aryl methyl sites for hydroxylation is 1. The number of nitrogens with two attached hydrogens (primary N) is 1. The van der Waals surface area contributed by atoms with Gasteiger partial charge in [-0.25, -0.2) is 8.42 Å². The lowest BCUT2D eigenvalue weighted by Crippen LogP contribution is -2.15. The van der Waals surface area contributed by atoms with Crippen LogP contribution in [0.15, 0.2) is 52.1 Å². The lowest BCUT2D eigenvalue weighted by atomic mass is 10.1. The van der Waals surface area contributed by atoms with Crippen molar-refractivity contribution in [2.45, 2.75) is 31.3 Å². The van der Waals surface area contributed by atoms with Gasteiger partial charge in [0.05, 0.1) is 19.9 Å². The number of hydrogen-bond donors (Lipinski definition) is 2. The molecule has 0 amide bonds. The van der Waals surface area contributed by atoms with Gasteiger partial charge in [0.25, 0.3) is 10.0 Å². The molecule has 0 atom stereocenters. The summed E-state index contributed by atoms with van der Waals surface area (Å²) in [7, 11) is -2.67. The molecular formula is C23H24N6O5S. The molecule has 0 radical (unpaired) electrons. The molecule has 3 N–H and O–H groups in total. The molecule has 0 fully saturated rings. The van der Waals surface area contributed by atoms with Gasteiger partial charge in [0.1, 0.15) is 27.8 Å². The number of rotatable bonds is 10. The monoisotopic (exact) mass is 496 g/mol. The third kappa shape index (κ3) is 5.06. The van der Waals surface area contributed by atoms with Crippen molar-refractivity contribution in [1.82, 2.24) is 14.9 Å². The minimum atomic E-state index is -4.14. The highest BCUT2D eigenvalue weighted by atomic mass is 32.2. The molecule has 182 valence electrons. The summed E-state index contributed by atoms with van der Waals surface area (Å²) in [5.74, 6) is 0.418. The maximum atomic E-state index is 13.3. The number of aromatic nitrogens is 3. The molecule has 0 aliphatic carbocycles. The van der Waals surface area contributed by atoms with Crippen molar-refractivity contribution in [3.63, 3.8) is 0 Å². The minimum Gasteiger partial charge on any atom is -0.496 e. The topological polar surface area (TPSA) is 158 Å². The van der Waals surface area contributed by atoms with Crippen LogP contribution < -0.4 is 19.9 Å². The van der Waals surface area contributed by atoms with E-state index in [1.165, 1.54) is 19.2 Å². The van der Waals surface area contributed by atoms with Crippen molar-refractivity contribution in [1.29, 1.82) is 5.26 Å². The van der Waals surface area contributed by atoms with Crippen LogP contribution in [0.5, 0.6) is 11.5 Å². The zero-order valence-electron chi connectivity index (χ0n) is 19.2. The Hall–Kier alpha value is -4.08. The number of benzene rings is 2. The van der Waals surface area contributed by atoms with Crippen molar-refractivity contribution in [2.24, 2.45) is 5.73 Å². The highest BCUT2D eigenvalue weighted by Crippen LogP contribution is 2.36. The van der Waals surface area contributed by atoms with Gasteiger partial charge in [-0.1, -0.05) is 18.1 Å². The number of fused-ring (bicyclic) bond motifs is 1. The molecule has 2 aromatic carbocycles. The zero-order chi connectivity index (χ0) is 25.0. The van der Waals surface area contributed by atoms with E-state index in [-0.39, 0.29) is 23.1 Å². The minimum absolute atomic E-state index is 0.0268. The number of hydrogen-bond acceptors (Lipinski definition) is 9. The largest absolute Gasteiger partial charge is 0.496 e. The van der Waals surface area contributed by atoms with Crippen LogP contribution in [0.25, 0.3) is 11.0 Å². The second-order valence-electron chi connectivity index (χ2n) is 7.64. The van der Waals surface area contributed by atoms with Crippen molar-refractivity contribution in [3.05, 3.63) is 59.4 Å². The van der Waals surface area contributed by atoms with Gasteiger partial charge in [-0.05, 0) is 41.8 Å². The quantitative estimate of drug-likeness (QED) is 0.337. The van der Waals surface area contributed by atoms with E-state index >= 15 is 0 Å². The van der Waals surface area contributed by atoms with Crippen LogP contribution in [0.4, 0.5) is 5.82 Å². The number of methoxy groups -OCH3 is 1. The van der Waals surface area contributed by atoms with Gasteiger partial charge in [0.15, 0.2) is 18.0 Å². The first-order valence-corrected chi connectivity index (χ1v) is 12.2. The molecule has 0 spiro atoms. The molecule has 0 aliphatic heterocycles. The standard InChI is InChI=1S/C23H24N6O5S/c1-3-15-4-5-18(33-7-6-24)21(10-15)35(30,31)28-23-22-19(32-2)8-16(9-20(22)34-27-23)13-29-14-17(11-25)12-26-29/h4-5,8-10,12,14H,3,7,11,13,25H2,1-2H3,(H,27,28). The molecule has 0 saturated carbocycles. The van der Waals surface area contributed by atoms with Crippen molar-refractivity contribution in [3.8, 4) is 17.6 Å². The van der Waals surface area contributed by atoms with E-state index < -0.39 is 10.0 Å². The lowest BCUT2D eigenvalue weighted by Gasteiger charge is -2.13. The van der Waals surface area contributed by atoms with Crippen LogP contribution in [0.1, 0.15) is 23.6 Å². The Morgan fingerprint density at radius 1 is 1.20 bits per heavy atom. The van der Waals surface area contributed by atoms with Gasteiger partial charge >= 0.3 is 0 Å². The van der Waals surface area contributed by atoms with Crippen molar-refractivity contribution in [2.75, 3.05) is 18.4 Å². The highest BCUT2D eigenvalue weighted by molar-refractivity contribution is 7.92. The van der Waals surface area contributed by atoms with Gasteiger partial charge in [0, 0.05) is 18.3 Å². The highest BCUT2D eigenvalue weighted by Gasteiger charge is 2.25. The predicted molar refractivity (Wildman–Crippen MR) is 128 cm³/mol. The maximum absolute atomic E-state index is 13.3. The van der Waals surface area contributed by atoms with E-state index in [0.717, 1.165) is 16.7 Å². The number of ether oxygens (including phenoxy) is 2. The molecule has 0 bridgehead atoms. The molecule has 0 saturated heterocycles. The number of nitriles is 1. The Balaban J connectivity index is 1.70. The van der Waals surface area contributed by atoms with Crippen molar-refractivity contribution >= 4 is 26.8 Å². The molecule has 0 aliphatic rings. The van der Waals surface area contributed by atoms with Crippen LogP contribution >= 0.6 is 0 Å². The van der Waals surface area contributed by atoms with Crippen LogP contribution in [0, 0.1) is 11.3 Å². The Kier molecular flexibility index (Phi) is 6.90. The first kappa shape index (κ1) is 24.1. The SMILES string of the molecule is CCc1ccc(OCC#N)c(S(=O)(=O)Nc2noc3cc(Cn4cc(CN)cn4)cc(OC)c23)c1. The Labute approximate surface area is 202 Å². The van der Waals surface area contributed by atoms with E-state index in [0.29, 0.717) is 36.2 Å². The van der Waals surface area contributed by atoms with E-state index in [9.17, 15) is 8.42 Å². The van der Waals surface area contributed by atoms with Gasteiger partial charge in [-0.3, -0.25) is 9.40 Å². The summed E-state index contributed by atoms with van der Waals surface area (Å²) in [6.07, 6.45) is 4.15. The molecule has 4 aromatic rings. The summed E-state index contributed by atoms with van der Waals surface area (Å²) in [5, 5.41) is 17.4. The Morgan fingerprint density at radius 3 is 2.71 bits per heavy atom. The normalized spacial score (nSPS) is 11.4. The third-order valence-electron chi connectivity index (χ3n) is 5.31. The zero-order valence-corrected chi connectivity index (χ0v) is 20.0. The van der Waals surface area contributed by atoms with E-state index in [4.69, 9.17) is 25.0 Å². The Morgan fingerprint density at radius 2 is 2.03 bits per heavy atom. The lowest BCUT2D eigenvalue weighted by molar-refractivity contribution is 0.358. The molecule has 12 heteroatoms. The third-order valence-corrected chi connectivity index (χ3v) is 6.67. The number of nitrogens with zero attached hydrogens (tertiary/aromatic N) is 4. The first-order chi connectivity index (χ1) is 16.9. The van der Waals surface area contributed by atoms with Crippen molar-refractivity contribution < 1.29 is 22.4 Å². The fourth-order valence-corrected chi connectivity index (χ4v) is 4.79. The second-order valence-corrected chi connectivity index (χ2v) is 9.29. The summed E-state index contributed by atoms with van der Waals surface area (Å²) in [5.41, 5.74) is 8.49. The van der Waals surface area contributed by atoms with Crippen LogP contribution in [0.2, 0.25) is 0 Å². The maximum Gasteiger partial charge on any atom is 0.266 e. The fraction of sp³-hybridized carbons (Fsp3) is 0.261. The molecule has 35 heavy (non-hydrogen) atoms. The van der Waals surface area contributed by atoms with Gasteiger partial charge < -0.3 is 19.7 Å². The number of anilines is 1. The fourth-order valence-electron chi connectivity index (χ4n) is 3.59. The molecule has 2 aromatic heterocycles. The molecule has 4 rings (SSSR count). The van der Waals surface area contributed by atoms with Crippen LogP contribution in [-0.2, 0) is 29.5 Å². The summed E-state index contributed by atoms with van der Waals surface area (Å²) < 4.78 is 47.1. The van der Waals surface area contributed by atoms with Crippen LogP contribution in [0.3, 0.4) is 0 Å². The Bertz CT molecular complexity index is 1500. The average molecular weight is 497 g/mol. The average Bonchev–Trinajstić information content (AvgIpc) is 3.48. The van der Waals surface area contributed by atoms with Gasteiger partial charge in [-0.2, -0.15) is 10.4 Å². The van der Waals surface area contributed by atoms with Gasteiger partial charge in [-0.15, -0.1) is 0 Å². The summed E-state index contributed by atoms with van der Waals surface area (Å²) in [6.45, 7) is 2.43. The number of nitrogens with one attached hydrogen (secondary N) is 1. The van der Waals surface area contributed by atoms with E-state index in [1.54, 1.807) is 29.1 Å². The predicted octanol–water partition coefficient (Wildman–Crippen LogP) is 2.81. The van der Waals surface area contributed by atoms with E-state index in [2.05, 4.69) is 15.0 Å². The molecule has 2 heterocycles. The molecule has 11 nitrogen and oxygen atoms in total. The van der Waals surface area contributed by atoms with Gasteiger partial charge in [0.2, 0.25) is 0 Å². The summed E-state index contributed by atoms with van der Waals surface area (Å²) >= 11 is 0. The summed E-state index contributed by atoms with van der Waals surface area (Å²) in [6, 6.07) is 10.1. The second kappa shape index (κ2) is 10.0. The number of sulfonamides is 1. The molecular weight excluding hydrogens is 472 g/mol. The molecule has 0 unspecified atom stereocenters. The smallest absolute Gasteiger partial charge is 0.266 e.